The molecule has 0 aromatic rings. The molecule has 3 atom stereocenters. The van der Waals surface area contributed by atoms with Crippen LogP contribution in [0.1, 0.15) is 40.0 Å². The topological polar surface area (TPSA) is 166 Å². The van der Waals surface area contributed by atoms with E-state index < -0.39 is 52.2 Å². The van der Waals surface area contributed by atoms with Crippen molar-refractivity contribution in [3.05, 3.63) is 0 Å². The lowest BCUT2D eigenvalue weighted by atomic mass is 10.0. The quantitative estimate of drug-likeness (QED) is 0.291. The van der Waals surface area contributed by atoms with E-state index in [0.717, 1.165) is 0 Å². The smallest absolute Gasteiger partial charge is 0.257 e. The molecule has 3 unspecified atom stereocenters. The molecule has 0 spiro atoms. The van der Waals surface area contributed by atoms with Crippen molar-refractivity contribution in [2.45, 2.75) is 62.8 Å². The predicted molar refractivity (Wildman–Crippen MR) is 159 cm³/mol. The lowest BCUT2D eigenvalue weighted by Gasteiger charge is -2.29. The second-order valence-electron chi connectivity index (χ2n) is 11.3. The Morgan fingerprint density at radius 1 is 0.641 bits per heavy atom. The van der Waals surface area contributed by atoms with Crippen LogP contribution in [0.3, 0.4) is 0 Å². The van der Waals surface area contributed by atoms with Crippen molar-refractivity contribution in [2.24, 2.45) is 0 Å². The molecule has 3 aliphatic heterocycles. The van der Waals surface area contributed by atoms with Gasteiger partial charge in [0.15, 0.2) is 35.6 Å². The van der Waals surface area contributed by atoms with Crippen LogP contribution >= 0.6 is 36.7 Å². The summed E-state index contributed by atoms with van der Waals surface area (Å²) in [5.74, 6) is -0.0910. The SMILES string of the molecule is CC1(NC(=S)OCC(COC(=S)NC2(C)CCS(=O)(=O)C2)OC(=S)NC2(C)CCS(=O)(=O)C2)CCS(=O)(=O)C1. The van der Waals surface area contributed by atoms with Crippen molar-refractivity contribution in [1.29, 1.82) is 0 Å². The average molecular weight is 666 g/mol. The number of rotatable bonds is 8. The first kappa shape index (κ1) is 32.4. The maximum absolute atomic E-state index is 11.9. The summed E-state index contributed by atoms with van der Waals surface area (Å²) in [6.45, 7) is 4.92. The monoisotopic (exact) mass is 665 g/mol. The molecule has 3 saturated heterocycles. The van der Waals surface area contributed by atoms with Gasteiger partial charge in [0.05, 0.1) is 51.1 Å². The molecule has 3 heterocycles. The number of thiocarbonyl (C=S) groups is 3. The number of hydrogen-bond donors (Lipinski definition) is 3. The van der Waals surface area contributed by atoms with E-state index in [1.165, 1.54) is 0 Å². The summed E-state index contributed by atoms with van der Waals surface area (Å²) in [7, 11) is -9.51. The molecule has 3 N–H and O–H groups in total. The normalized spacial score (nSPS) is 33.0. The third-order valence-corrected chi connectivity index (χ3v) is 13.1. The van der Waals surface area contributed by atoms with E-state index in [-0.39, 0.29) is 63.3 Å². The molecule has 0 aliphatic carbocycles. The van der Waals surface area contributed by atoms with E-state index in [1.54, 1.807) is 20.8 Å². The molecular formula is C21H35N3O9S6. The fraction of sp³-hybridized carbons (Fsp3) is 0.857. The van der Waals surface area contributed by atoms with Gasteiger partial charge < -0.3 is 30.2 Å². The average Bonchev–Trinajstić information content (AvgIpc) is 3.31. The summed E-state index contributed by atoms with van der Waals surface area (Å²) >= 11 is 15.8. The molecule has 0 amide bonds. The Balaban J connectivity index is 1.58. The first-order valence-corrected chi connectivity index (χ1v) is 18.9. The van der Waals surface area contributed by atoms with Gasteiger partial charge in [0, 0.05) is 0 Å². The zero-order valence-corrected chi connectivity index (χ0v) is 26.9. The van der Waals surface area contributed by atoms with Gasteiger partial charge in [0.25, 0.3) is 15.5 Å². The highest BCUT2D eigenvalue weighted by Crippen LogP contribution is 2.25. The molecule has 12 nitrogen and oxygen atoms in total. The first-order valence-electron chi connectivity index (χ1n) is 12.2. The van der Waals surface area contributed by atoms with Crippen molar-refractivity contribution in [3.63, 3.8) is 0 Å². The second-order valence-corrected chi connectivity index (χ2v) is 19.0. The van der Waals surface area contributed by atoms with E-state index in [0.29, 0.717) is 19.3 Å². The molecule has 0 saturated carbocycles. The third kappa shape index (κ3) is 10.1. The van der Waals surface area contributed by atoms with Crippen molar-refractivity contribution in [1.82, 2.24) is 16.0 Å². The van der Waals surface area contributed by atoms with E-state index in [2.05, 4.69) is 16.0 Å². The van der Waals surface area contributed by atoms with Crippen molar-refractivity contribution < 1.29 is 39.5 Å². The zero-order valence-electron chi connectivity index (χ0n) is 22.0. The highest BCUT2D eigenvalue weighted by atomic mass is 32.2. The summed E-state index contributed by atoms with van der Waals surface area (Å²) in [6, 6.07) is 0. The van der Waals surface area contributed by atoms with Crippen molar-refractivity contribution >= 4 is 81.7 Å². The number of nitrogens with one attached hydrogen (secondary N) is 3. The second kappa shape index (κ2) is 11.7. The highest BCUT2D eigenvalue weighted by Gasteiger charge is 2.41. The van der Waals surface area contributed by atoms with Crippen LogP contribution in [0.5, 0.6) is 0 Å². The van der Waals surface area contributed by atoms with Crippen LogP contribution in [-0.2, 0) is 43.7 Å². The van der Waals surface area contributed by atoms with Crippen molar-refractivity contribution in [2.75, 3.05) is 47.7 Å². The zero-order chi connectivity index (χ0) is 29.3. The van der Waals surface area contributed by atoms with Gasteiger partial charge >= 0.3 is 0 Å². The predicted octanol–water partition coefficient (Wildman–Crippen LogP) is -0.240. The maximum atomic E-state index is 11.9. The van der Waals surface area contributed by atoms with Crippen LogP contribution in [0.15, 0.2) is 0 Å². The molecular weight excluding hydrogens is 631 g/mol. The van der Waals surface area contributed by atoms with E-state index in [9.17, 15) is 25.3 Å². The molecule has 39 heavy (non-hydrogen) atoms. The standard InChI is InChI=1S/C21H35N3O9S6/c1-19(4-7-37(25,26)12-19)22-16(34)31-10-15(33-18(36)24-21(3)6-9-39(29,30)14-21)11-32-17(35)23-20(2)5-8-38(27,28)13-20/h15H,4-14H2,1-3H3,(H,22,34)(H,23,35)(H,24,36). The molecule has 224 valence electrons. The minimum absolute atomic E-state index is 0.0275. The van der Waals surface area contributed by atoms with Crippen LogP contribution in [0.25, 0.3) is 0 Å². The van der Waals surface area contributed by atoms with E-state index in [1.807, 2.05) is 0 Å². The molecule has 0 aromatic carbocycles. The molecule has 3 rings (SSSR count). The number of ether oxygens (including phenoxy) is 3. The number of hydrogen-bond acceptors (Lipinski definition) is 12. The fourth-order valence-corrected chi connectivity index (χ4v) is 12.1. The van der Waals surface area contributed by atoms with Crippen molar-refractivity contribution in [3.8, 4) is 0 Å². The van der Waals surface area contributed by atoms with Crippen LogP contribution in [0.2, 0.25) is 0 Å². The summed E-state index contributed by atoms with van der Waals surface area (Å²) in [6.07, 6.45) is 0.269. The summed E-state index contributed by atoms with van der Waals surface area (Å²) < 4.78 is 88.5. The molecule has 0 bridgehead atoms. The summed E-state index contributed by atoms with van der Waals surface area (Å²) in [5, 5.41) is 8.72. The minimum atomic E-state index is -3.19. The Kier molecular flexibility index (Phi) is 9.70. The fourth-order valence-electron chi connectivity index (χ4n) is 4.77. The van der Waals surface area contributed by atoms with Gasteiger partial charge in [-0.05, 0) is 76.7 Å². The molecule has 0 radical (unpaired) electrons. The molecule has 3 fully saturated rings. The van der Waals surface area contributed by atoms with Gasteiger partial charge in [0.1, 0.15) is 13.2 Å². The van der Waals surface area contributed by atoms with Gasteiger partial charge in [-0.3, -0.25) is 0 Å². The van der Waals surface area contributed by atoms with Gasteiger partial charge in [-0.15, -0.1) is 0 Å². The highest BCUT2D eigenvalue weighted by molar-refractivity contribution is 7.92. The molecule has 3 aliphatic rings. The lowest BCUT2D eigenvalue weighted by Crippen LogP contribution is -2.50. The Hall–Kier alpha value is -1.08. The van der Waals surface area contributed by atoms with Gasteiger partial charge in [-0.25, -0.2) is 25.3 Å². The number of sulfone groups is 3. The largest absolute Gasteiger partial charge is 0.467 e. The molecule has 0 aromatic heterocycles. The van der Waals surface area contributed by atoms with Crippen LogP contribution in [-0.4, -0.2) is 111 Å². The van der Waals surface area contributed by atoms with Crippen LogP contribution in [0.4, 0.5) is 0 Å². The van der Waals surface area contributed by atoms with Gasteiger partial charge in [0.2, 0.25) is 0 Å². The Morgan fingerprint density at radius 2 is 0.949 bits per heavy atom. The molecule has 18 heteroatoms. The van der Waals surface area contributed by atoms with Crippen LogP contribution < -0.4 is 16.0 Å². The van der Waals surface area contributed by atoms with Gasteiger partial charge in [-0.2, -0.15) is 0 Å². The minimum Gasteiger partial charge on any atom is -0.467 e. The maximum Gasteiger partial charge on any atom is 0.257 e. The van der Waals surface area contributed by atoms with E-state index in [4.69, 9.17) is 50.9 Å². The third-order valence-electron chi connectivity index (χ3n) is 6.80. The van der Waals surface area contributed by atoms with Gasteiger partial charge in [-0.1, -0.05) is 0 Å². The first-order chi connectivity index (χ1) is 17.7. The summed E-state index contributed by atoms with van der Waals surface area (Å²) in [5.41, 5.74) is -2.31. The van der Waals surface area contributed by atoms with E-state index >= 15 is 0 Å². The lowest BCUT2D eigenvalue weighted by molar-refractivity contribution is 0.0586. The Labute approximate surface area is 246 Å². The Bertz CT molecular complexity index is 1250. The van der Waals surface area contributed by atoms with Crippen LogP contribution in [0, 0.1) is 0 Å². The summed E-state index contributed by atoms with van der Waals surface area (Å²) in [4.78, 5) is 0. The Morgan fingerprint density at radius 3 is 1.23 bits per heavy atom.